The lowest BCUT2D eigenvalue weighted by Crippen LogP contribution is -2.15. The third-order valence-corrected chi connectivity index (χ3v) is 4.65. The Hall–Kier alpha value is -2.00. The summed E-state index contributed by atoms with van der Waals surface area (Å²) in [4.78, 5) is 0. The van der Waals surface area contributed by atoms with Crippen LogP contribution in [0.1, 0.15) is 63.5 Å². The van der Waals surface area contributed by atoms with E-state index in [1.54, 1.807) is 12.1 Å². The molecule has 2 aromatic carbocycles. The van der Waals surface area contributed by atoms with E-state index >= 15 is 0 Å². The standard InChI is InChI=1S/C22H30O3/c1-5-18(20-7-11-21(23)12-8-20)15-16(3)19-9-13-22(14-10-19)25-17(4)24-6-2/h7-14,16-18,23H,5-6,15H2,1-4H3. The van der Waals surface area contributed by atoms with Crippen molar-refractivity contribution in [2.24, 2.45) is 0 Å². The van der Waals surface area contributed by atoms with Gasteiger partial charge in [0, 0.05) is 6.61 Å². The molecule has 0 radical (unpaired) electrons. The van der Waals surface area contributed by atoms with Crippen LogP contribution in [0.3, 0.4) is 0 Å². The Labute approximate surface area is 151 Å². The number of rotatable bonds is 9. The van der Waals surface area contributed by atoms with Gasteiger partial charge in [-0.25, -0.2) is 0 Å². The molecule has 0 bridgehead atoms. The van der Waals surface area contributed by atoms with Gasteiger partial charge in [0.2, 0.25) is 0 Å². The predicted octanol–water partition coefficient (Wildman–Crippen LogP) is 5.84. The van der Waals surface area contributed by atoms with E-state index in [4.69, 9.17) is 9.47 Å². The quantitative estimate of drug-likeness (QED) is 0.582. The molecular formula is C22H30O3. The maximum absolute atomic E-state index is 9.47. The van der Waals surface area contributed by atoms with Crippen molar-refractivity contribution in [3.8, 4) is 11.5 Å². The molecule has 3 unspecified atom stereocenters. The number of ether oxygens (including phenoxy) is 2. The van der Waals surface area contributed by atoms with Crippen LogP contribution in [0.15, 0.2) is 48.5 Å². The fourth-order valence-electron chi connectivity index (χ4n) is 3.18. The highest BCUT2D eigenvalue weighted by atomic mass is 16.7. The van der Waals surface area contributed by atoms with E-state index < -0.39 is 0 Å². The van der Waals surface area contributed by atoms with Gasteiger partial charge in [-0.05, 0) is 73.9 Å². The predicted molar refractivity (Wildman–Crippen MR) is 102 cm³/mol. The van der Waals surface area contributed by atoms with Crippen LogP contribution in [0.5, 0.6) is 11.5 Å². The monoisotopic (exact) mass is 342 g/mol. The zero-order valence-corrected chi connectivity index (χ0v) is 15.7. The third-order valence-electron chi connectivity index (χ3n) is 4.65. The van der Waals surface area contributed by atoms with Gasteiger partial charge in [0.1, 0.15) is 11.5 Å². The van der Waals surface area contributed by atoms with Crippen LogP contribution < -0.4 is 4.74 Å². The van der Waals surface area contributed by atoms with E-state index in [2.05, 4.69) is 26.0 Å². The van der Waals surface area contributed by atoms with Gasteiger partial charge >= 0.3 is 0 Å². The molecule has 0 spiro atoms. The van der Waals surface area contributed by atoms with E-state index in [9.17, 15) is 5.11 Å². The smallest absolute Gasteiger partial charge is 0.196 e. The molecule has 3 heteroatoms. The number of hydrogen-bond donors (Lipinski definition) is 1. The summed E-state index contributed by atoms with van der Waals surface area (Å²) in [7, 11) is 0. The summed E-state index contributed by atoms with van der Waals surface area (Å²) in [5.41, 5.74) is 2.60. The van der Waals surface area contributed by atoms with E-state index in [0.29, 0.717) is 24.2 Å². The average Bonchev–Trinajstić information content (AvgIpc) is 2.61. The second-order valence-electron chi connectivity index (χ2n) is 6.54. The first-order valence-electron chi connectivity index (χ1n) is 9.20. The highest BCUT2D eigenvalue weighted by molar-refractivity contribution is 5.31. The Kier molecular flexibility index (Phi) is 7.32. The Morgan fingerprint density at radius 1 is 0.880 bits per heavy atom. The molecule has 0 saturated heterocycles. The van der Waals surface area contributed by atoms with Crippen molar-refractivity contribution in [3.05, 3.63) is 59.7 Å². The lowest BCUT2D eigenvalue weighted by molar-refractivity contribution is -0.0613. The molecule has 2 aromatic rings. The lowest BCUT2D eigenvalue weighted by atomic mass is 9.84. The zero-order chi connectivity index (χ0) is 18.2. The number of hydrogen-bond acceptors (Lipinski definition) is 3. The molecule has 0 aliphatic carbocycles. The molecule has 2 rings (SSSR count). The minimum atomic E-state index is -0.229. The van der Waals surface area contributed by atoms with E-state index in [0.717, 1.165) is 18.6 Å². The average molecular weight is 342 g/mol. The van der Waals surface area contributed by atoms with Gasteiger partial charge < -0.3 is 14.6 Å². The number of phenolic OH excluding ortho intramolecular Hbond substituents is 1. The SMILES string of the molecule is CCOC(C)Oc1ccc(C(C)CC(CC)c2ccc(O)cc2)cc1. The van der Waals surface area contributed by atoms with Gasteiger partial charge in [-0.15, -0.1) is 0 Å². The molecule has 25 heavy (non-hydrogen) atoms. The summed E-state index contributed by atoms with van der Waals surface area (Å²) >= 11 is 0. The Morgan fingerprint density at radius 3 is 2.04 bits per heavy atom. The first kappa shape index (κ1) is 19.3. The largest absolute Gasteiger partial charge is 0.508 e. The maximum Gasteiger partial charge on any atom is 0.196 e. The molecule has 0 aliphatic rings. The summed E-state index contributed by atoms with van der Waals surface area (Å²) in [5.74, 6) is 2.10. The Balaban J connectivity index is 1.99. The molecule has 0 aliphatic heterocycles. The van der Waals surface area contributed by atoms with Crippen molar-refractivity contribution in [1.82, 2.24) is 0 Å². The van der Waals surface area contributed by atoms with Crippen LogP contribution in [0.25, 0.3) is 0 Å². The molecule has 0 fully saturated rings. The van der Waals surface area contributed by atoms with E-state index in [-0.39, 0.29) is 6.29 Å². The first-order valence-corrected chi connectivity index (χ1v) is 9.20. The van der Waals surface area contributed by atoms with Crippen molar-refractivity contribution >= 4 is 0 Å². The van der Waals surface area contributed by atoms with Gasteiger partial charge in [-0.2, -0.15) is 0 Å². The van der Waals surface area contributed by atoms with Gasteiger partial charge in [0.25, 0.3) is 0 Å². The van der Waals surface area contributed by atoms with Crippen LogP contribution >= 0.6 is 0 Å². The van der Waals surface area contributed by atoms with Crippen molar-refractivity contribution in [2.75, 3.05) is 6.61 Å². The Morgan fingerprint density at radius 2 is 1.48 bits per heavy atom. The molecular weight excluding hydrogens is 312 g/mol. The molecule has 0 heterocycles. The minimum Gasteiger partial charge on any atom is -0.508 e. The fraction of sp³-hybridized carbons (Fsp3) is 0.455. The number of benzene rings is 2. The van der Waals surface area contributed by atoms with Crippen LogP contribution in [0.4, 0.5) is 0 Å². The van der Waals surface area contributed by atoms with Crippen molar-refractivity contribution < 1.29 is 14.6 Å². The van der Waals surface area contributed by atoms with Gasteiger partial charge in [-0.3, -0.25) is 0 Å². The summed E-state index contributed by atoms with van der Waals surface area (Å²) in [6.45, 7) is 9.00. The van der Waals surface area contributed by atoms with Gasteiger partial charge in [-0.1, -0.05) is 38.1 Å². The van der Waals surface area contributed by atoms with Crippen LogP contribution in [0.2, 0.25) is 0 Å². The van der Waals surface area contributed by atoms with E-state index in [1.807, 2.05) is 38.1 Å². The molecule has 3 nitrogen and oxygen atoms in total. The maximum atomic E-state index is 9.47. The lowest BCUT2D eigenvalue weighted by Gasteiger charge is -2.21. The third kappa shape index (κ3) is 5.79. The second-order valence-corrected chi connectivity index (χ2v) is 6.54. The number of phenols is 1. The second kappa shape index (κ2) is 9.47. The van der Waals surface area contributed by atoms with Crippen LogP contribution in [0, 0.1) is 0 Å². The van der Waals surface area contributed by atoms with Crippen molar-refractivity contribution in [3.63, 3.8) is 0 Å². The van der Waals surface area contributed by atoms with Crippen LogP contribution in [-0.2, 0) is 4.74 Å². The van der Waals surface area contributed by atoms with Gasteiger partial charge in [0.15, 0.2) is 6.29 Å². The summed E-state index contributed by atoms with van der Waals surface area (Å²) in [6, 6.07) is 15.9. The molecule has 0 aromatic heterocycles. The minimum absolute atomic E-state index is 0.229. The topological polar surface area (TPSA) is 38.7 Å². The highest BCUT2D eigenvalue weighted by Crippen LogP contribution is 2.33. The normalized spacial score (nSPS) is 14.7. The zero-order valence-electron chi connectivity index (χ0n) is 15.7. The Bertz CT molecular complexity index is 619. The molecule has 136 valence electrons. The molecule has 0 amide bonds. The van der Waals surface area contributed by atoms with Crippen molar-refractivity contribution in [1.29, 1.82) is 0 Å². The summed E-state index contributed by atoms with van der Waals surface area (Å²) in [6.07, 6.45) is 1.94. The molecule has 0 saturated carbocycles. The van der Waals surface area contributed by atoms with Crippen molar-refractivity contribution in [2.45, 2.75) is 58.7 Å². The first-order chi connectivity index (χ1) is 12.0. The summed E-state index contributed by atoms with van der Waals surface area (Å²) in [5, 5.41) is 9.47. The fourth-order valence-corrected chi connectivity index (χ4v) is 3.18. The molecule has 1 N–H and O–H groups in total. The van der Waals surface area contributed by atoms with Gasteiger partial charge in [0.05, 0.1) is 0 Å². The van der Waals surface area contributed by atoms with Crippen LogP contribution in [-0.4, -0.2) is 18.0 Å². The molecule has 3 atom stereocenters. The van der Waals surface area contributed by atoms with E-state index in [1.165, 1.54) is 11.1 Å². The summed E-state index contributed by atoms with van der Waals surface area (Å²) < 4.78 is 11.1. The number of aromatic hydroxyl groups is 1. The highest BCUT2D eigenvalue weighted by Gasteiger charge is 2.15.